The minimum absolute atomic E-state index is 0.177. The average molecular weight is 497 g/mol. The van der Waals surface area contributed by atoms with Crippen LogP contribution in [0.4, 0.5) is 5.95 Å². The van der Waals surface area contributed by atoms with Crippen LogP contribution in [0, 0.1) is 5.92 Å². The summed E-state index contributed by atoms with van der Waals surface area (Å²) in [5.41, 5.74) is 2.93. The van der Waals surface area contributed by atoms with Crippen molar-refractivity contribution >= 4 is 27.6 Å². The molecule has 1 atom stereocenters. The second kappa shape index (κ2) is 11.2. The molecule has 0 aromatic carbocycles. The average Bonchev–Trinajstić information content (AvgIpc) is 3.22. The third-order valence-electron chi connectivity index (χ3n) is 6.75. The summed E-state index contributed by atoms with van der Waals surface area (Å²) in [6, 6.07) is 6.35. The molecule has 3 aromatic heterocycles. The van der Waals surface area contributed by atoms with E-state index in [1.807, 2.05) is 18.3 Å². The van der Waals surface area contributed by atoms with E-state index in [1.165, 1.54) is 0 Å². The standard InChI is InChI=1S/C26H36N6O2S/c1-17(2)12-22-16-32(10-11-34-22)15-20-13-19(14-24-31-23-4-3-9-27-25(23)35-24)29-26(30-20)28-18-5-7-21(33)8-6-18/h3-4,9,13,17-18,21-22,33H,5-8,10-12,14-16H2,1-2H3,(H,28,29,30). The van der Waals surface area contributed by atoms with Crippen LogP contribution in [-0.2, 0) is 17.7 Å². The van der Waals surface area contributed by atoms with Crippen LogP contribution in [0.25, 0.3) is 10.3 Å². The molecule has 0 bridgehead atoms. The highest BCUT2D eigenvalue weighted by Crippen LogP contribution is 2.24. The third kappa shape index (κ3) is 6.73. The van der Waals surface area contributed by atoms with Gasteiger partial charge in [-0.15, -0.1) is 0 Å². The third-order valence-corrected chi connectivity index (χ3v) is 7.73. The summed E-state index contributed by atoms with van der Waals surface area (Å²) in [5, 5.41) is 14.5. The van der Waals surface area contributed by atoms with Gasteiger partial charge >= 0.3 is 0 Å². The molecule has 1 saturated heterocycles. The molecular weight excluding hydrogens is 460 g/mol. The normalized spacial score (nSPS) is 23.7. The summed E-state index contributed by atoms with van der Waals surface area (Å²) < 4.78 is 6.00. The van der Waals surface area contributed by atoms with Crippen molar-refractivity contribution in [1.29, 1.82) is 0 Å². The molecule has 9 heteroatoms. The van der Waals surface area contributed by atoms with Crippen molar-refractivity contribution in [2.75, 3.05) is 25.0 Å². The SMILES string of the molecule is CC(C)CC1CN(Cc2cc(Cc3nc4cccnc4s3)nc(NC3CCC(O)CC3)n2)CCO1. The molecule has 3 aromatic rings. The smallest absolute Gasteiger partial charge is 0.223 e. The molecular formula is C26H36N6O2S. The maximum absolute atomic E-state index is 9.88. The fraction of sp³-hybridized carbons (Fsp3) is 0.615. The number of fused-ring (bicyclic) bond motifs is 1. The molecule has 1 unspecified atom stereocenters. The first-order chi connectivity index (χ1) is 17.0. The summed E-state index contributed by atoms with van der Waals surface area (Å²) in [5.74, 6) is 1.31. The van der Waals surface area contributed by atoms with Gasteiger partial charge in [0, 0.05) is 38.3 Å². The van der Waals surface area contributed by atoms with E-state index in [0.717, 1.165) is 85.1 Å². The molecule has 0 radical (unpaired) electrons. The molecule has 1 saturated carbocycles. The predicted molar refractivity (Wildman–Crippen MR) is 139 cm³/mol. The Kier molecular flexibility index (Phi) is 7.87. The molecule has 35 heavy (non-hydrogen) atoms. The van der Waals surface area contributed by atoms with Crippen molar-refractivity contribution in [3.05, 3.63) is 40.8 Å². The summed E-state index contributed by atoms with van der Waals surface area (Å²) in [6.07, 6.45) is 7.19. The fourth-order valence-electron chi connectivity index (χ4n) is 5.06. The van der Waals surface area contributed by atoms with Crippen LogP contribution in [0.1, 0.15) is 62.3 Å². The number of aliphatic hydroxyl groups excluding tert-OH is 1. The number of nitrogens with one attached hydrogen (secondary N) is 1. The first-order valence-electron chi connectivity index (χ1n) is 12.9. The van der Waals surface area contributed by atoms with Crippen molar-refractivity contribution < 1.29 is 9.84 Å². The van der Waals surface area contributed by atoms with Gasteiger partial charge in [-0.3, -0.25) is 4.90 Å². The van der Waals surface area contributed by atoms with E-state index in [1.54, 1.807) is 11.3 Å². The maximum Gasteiger partial charge on any atom is 0.223 e. The molecule has 8 nitrogen and oxygen atoms in total. The van der Waals surface area contributed by atoms with E-state index in [2.05, 4.69) is 35.1 Å². The van der Waals surface area contributed by atoms with Gasteiger partial charge in [-0.2, -0.15) is 0 Å². The van der Waals surface area contributed by atoms with E-state index in [0.29, 0.717) is 24.3 Å². The van der Waals surface area contributed by atoms with Gasteiger partial charge in [-0.25, -0.2) is 19.9 Å². The molecule has 188 valence electrons. The van der Waals surface area contributed by atoms with Crippen LogP contribution in [-0.4, -0.2) is 67.9 Å². The highest BCUT2D eigenvalue weighted by Gasteiger charge is 2.23. The number of hydrogen-bond acceptors (Lipinski definition) is 9. The van der Waals surface area contributed by atoms with Gasteiger partial charge in [-0.1, -0.05) is 25.2 Å². The number of morpholine rings is 1. The Bertz CT molecular complexity index is 1080. The van der Waals surface area contributed by atoms with Gasteiger partial charge in [-0.05, 0) is 56.2 Å². The molecule has 2 N–H and O–H groups in total. The Morgan fingerprint density at radius 3 is 2.80 bits per heavy atom. The van der Waals surface area contributed by atoms with Crippen LogP contribution >= 0.6 is 11.3 Å². The molecule has 1 aliphatic heterocycles. The van der Waals surface area contributed by atoms with Crippen LogP contribution in [0.2, 0.25) is 0 Å². The lowest BCUT2D eigenvalue weighted by Crippen LogP contribution is -2.42. The fourth-order valence-corrected chi connectivity index (χ4v) is 5.98. The van der Waals surface area contributed by atoms with E-state index >= 15 is 0 Å². The minimum atomic E-state index is -0.177. The van der Waals surface area contributed by atoms with E-state index < -0.39 is 0 Å². The number of hydrogen-bond donors (Lipinski definition) is 2. The summed E-state index contributed by atoms with van der Waals surface area (Å²) in [7, 11) is 0. The van der Waals surface area contributed by atoms with Crippen LogP contribution in [0.3, 0.4) is 0 Å². The number of pyridine rings is 1. The summed E-state index contributed by atoms with van der Waals surface area (Å²) in [4.78, 5) is 22.4. The van der Waals surface area contributed by atoms with Crippen LogP contribution < -0.4 is 5.32 Å². The number of rotatable bonds is 8. The number of aliphatic hydroxyl groups is 1. The summed E-state index contributed by atoms with van der Waals surface area (Å²) >= 11 is 1.62. The lowest BCUT2D eigenvalue weighted by atomic mass is 9.93. The Balaban J connectivity index is 1.34. The van der Waals surface area contributed by atoms with Gasteiger partial charge in [0.25, 0.3) is 0 Å². The van der Waals surface area contributed by atoms with E-state index in [9.17, 15) is 5.11 Å². The van der Waals surface area contributed by atoms with Gasteiger partial charge < -0.3 is 15.2 Å². The number of anilines is 1. The number of thiazole rings is 1. The second-order valence-electron chi connectivity index (χ2n) is 10.3. The molecule has 0 amide bonds. The molecule has 2 aliphatic rings. The van der Waals surface area contributed by atoms with Crippen LogP contribution in [0.15, 0.2) is 24.4 Å². The molecule has 1 aliphatic carbocycles. The number of ether oxygens (including phenoxy) is 1. The zero-order valence-corrected chi connectivity index (χ0v) is 21.5. The molecule has 5 rings (SSSR count). The minimum Gasteiger partial charge on any atom is -0.393 e. The Labute approximate surface area is 211 Å². The first-order valence-corrected chi connectivity index (χ1v) is 13.7. The molecule has 0 spiro atoms. The zero-order chi connectivity index (χ0) is 24.2. The molecule has 2 fully saturated rings. The molecule has 4 heterocycles. The Hall–Kier alpha value is -2.20. The highest BCUT2D eigenvalue weighted by molar-refractivity contribution is 7.18. The topological polar surface area (TPSA) is 96.3 Å². The van der Waals surface area contributed by atoms with Crippen molar-refractivity contribution in [3.63, 3.8) is 0 Å². The van der Waals surface area contributed by atoms with Crippen molar-refractivity contribution in [1.82, 2.24) is 24.8 Å². The van der Waals surface area contributed by atoms with E-state index in [4.69, 9.17) is 19.7 Å². The monoisotopic (exact) mass is 496 g/mol. The lowest BCUT2D eigenvalue weighted by Gasteiger charge is -2.33. The van der Waals surface area contributed by atoms with Crippen LogP contribution in [0.5, 0.6) is 0 Å². The first kappa shape index (κ1) is 24.5. The highest BCUT2D eigenvalue weighted by atomic mass is 32.1. The van der Waals surface area contributed by atoms with Crippen molar-refractivity contribution in [2.45, 2.75) is 77.2 Å². The van der Waals surface area contributed by atoms with Gasteiger partial charge in [0.15, 0.2) is 0 Å². The quantitative estimate of drug-likeness (QED) is 0.483. The largest absolute Gasteiger partial charge is 0.393 e. The Morgan fingerprint density at radius 2 is 2.00 bits per heavy atom. The predicted octanol–water partition coefficient (Wildman–Crippen LogP) is 4.03. The summed E-state index contributed by atoms with van der Waals surface area (Å²) in [6.45, 7) is 7.90. The van der Waals surface area contributed by atoms with Crippen molar-refractivity contribution in [2.24, 2.45) is 5.92 Å². The second-order valence-corrected chi connectivity index (χ2v) is 11.4. The van der Waals surface area contributed by atoms with E-state index in [-0.39, 0.29) is 12.2 Å². The van der Waals surface area contributed by atoms with Crippen molar-refractivity contribution in [3.8, 4) is 0 Å². The number of aromatic nitrogens is 4. The maximum atomic E-state index is 9.88. The van der Waals surface area contributed by atoms with Gasteiger partial charge in [0.1, 0.15) is 15.4 Å². The van der Waals surface area contributed by atoms with Gasteiger partial charge in [0.05, 0.1) is 30.2 Å². The van der Waals surface area contributed by atoms with Gasteiger partial charge in [0.2, 0.25) is 5.95 Å². The Morgan fingerprint density at radius 1 is 1.17 bits per heavy atom. The lowest BCUT2D eigenvalue weighted by molar-refractivity contribution is -0.0403. The number of nitrogens with zero attached hydrogens (tertiary/aromatic N) is 5. The zero-order valence-electron chi connectivity index (χ0n) is 20.7.